The van der Waals surface area contributed by atoms with Gasteiger partial charge in [-0.15, -0.1) is 0 Å². The maximum absolute atomic E-state index is 11.6. The van der Waals surface area contributed by atoms with Crippen LogP contribution in [-0.2, 0) is 18.8 Å². The summed E-state index contributed by atoms with van der Waals surface area (Å²) in [6.45, 7) is 0.679. The van der Waals surface area contributed by atoms with Gasteiger partial charge < -0.3 is 9.84 Å². The van der Waals surface area contributed by atoms with E-state index in [9.17, 15) is 15.2 Å². The van der Waals surface area contributed by atoms with Crippen LogP contribution in [0.25, 0.3) is 0 Å². The normalized spacial score (nSPS) is 18.0. The highest BCUT2D eigenvalue weighted by molar-refractivity contribution is 5.43. The average Bonchev–Trinajstić information content (AvgIpc) is 3.01. The lowest BCUT2D eigenvalue weighted by atomic mass is 10.0. The predicted molar refractivity (Wildman–Crippen MR) is 101 cm³/mol. The van der Waals surface area contributed by atoms with Crippen molar-refractivity contribution in [1.82, 2.24) is 4.98 Å². The molecule has 4 rings (SSSR count). The van der Waals surface area contributed by atoms with Crippen LogP contribution >= 0.6 is 0 Å². The van der Waals surface area contributed by atoms with Gasteiger partial charge in [-0.2, -0.15) is 0 Å². The van der Waals surface area contributed by atoms with Gasteiger partial charge in [-0.3, -0.25) is 10.1 Å². The molecular weight excluding hydrogens is 360 g/mol. The van der Waals surface area contributed by atoms with E-state index in [1.165, 1.54) is 12.1 Å². The van der Waals surface area contributed by atoms with Crippen molar-refractivity contribution in [2.45, 2.75) is 18.8 Å². The molecule has 2 heterocycles. The lowest BCUT2D eigenvalue weighted by molar-refractivity contribution is -0.685. The summed E-state index contributed by atoms with van der Waals surface area (Å²) in [7, 11) is 1.61. The van der Waals surface area contributed by atoms with Gasteiger partial charge in [0.15, 0.2) is 0 Å². The third-order valence-corrected chi connectivity index (χ3v) is 4.92. The van der Waals surface area contributed by atoms with Crippen LogP contribution in [0.4, 0.5) is 11.6 Å². The topological polar surface area (TPSA) is 92.6 Å². The first-order valence-corrected chi connectivity index (χ1v) is 8.73. The number of nitro benzene ring substituents is 1. The maximum Gasteiger partial charge on any atom is 0.397 e. The van der Waals surface area contributed by atoms with E-state index in [0.29, 0.717) is 18.1 Å². The number of fused-ring (bicyclic) bond motifs is 1. The summed E-state index contributed by atoms with van der Waals surface area (Å²) in [5.41, 5.74) is 0.142. The Balaban J connectivity index is 1.73. The molecule has 1 N–H and O–H groups in total. The Hall–Kier alpha value is -3.52. The van der Waals surface area contributed by atoms with E-state index in [1.54, 1.807) is 36.4 Å². The Morgan fingerprint density at radius 2 is 1.96 bits per heavy atom. The van der Waals surface area contributed by atoms with E-state index < -0.39 is 10.6 Å². The summed E-state index contributed by atoms with van der Waals surface area (Å²) in [4.78, 5) is 16.7. The second kappa shape index (κ2) is 6.90. The zero-order chi connectivity index (χ0) is 19.7. The average molecular weight is 379 g/mol. The van der Waals surface area contributed by atoms with Crippen LogP contribution in [0, 0.1) is 10.1 Å². The minimum absolute atomic E-state index is 0.0182. The van der Waals surface area contributed by atoms with Crippen LogP contribution in [0.5, 0.6) is 5.75 Å². The van der Waals surface area contributed by atoms with Gasteiger partial charge in [-0.25, -0.2) is 9.47 Å². The Bertz CT molecular complexity index is 1010. The van der Waals surface area contributed by atoms with Crippen molar-refractivity contribution < 1.29 is 19.3 Å². The number of aliphatic hydroxyl groups is 1. The Labute approximate surface area is 161 Å². The molecule has 1 aromatic heterocycles. The summed E-state index contributed by atoms with van der Waals surface area (Å²) in [6.07, 6.45) is 3.53. The fourth-order valence-corrected chi connectivity index (χ4v) is 3.44. The van der Waals surface area contributed by atoms with Gasteiger partial charge in [0.25, 0.3) is 5.69 Å². The number of nitrogens with zero attached hydrogens (tertiary/aromatic N) is 4. The highest BCUT2D eigenvalue weighted by atomic mass is 16.6. The standard InChI is InChI=1S/C20H19N4O4/c1-28-18-9-3-15(4-10-18)13-23-19-21-11-2-12-22(19)14-20(23,25)16-5-7-17(8-6-16)24(26)27/h2-12,25H,13-14H2,1H3/q+1/t20-/m1/s1. The molecule has 0 unspecified atom stereocenters. The molecule has 0 saturated carbocycles. The number of hydrogen-bond donors (Lipinski definition) is 1. The number of nitro groups is 1. The van der Waals surface area contributed by atoms with Crippen LogP contribution in [0.1, 0.15) is 11.1 Å². The van der Waals surface area contributed by atoms with Gasteiger partial charge >= 0.3 is 5.95 Å². The zero-order valence-corrected chi connectivity index (χ0v) is 15.2. The smallest absolute Gasteiger partial charge is 0.397 e. The highest BCUT2D eigenvalue weighted by Gasteiger charge is 2.51. The van der Waals surface area contributed by atoms with Crippen LogP contribution in [0.15, 0.2) is 67.0 Å². The van der Waals surface area contributed by atoms with Crippen molar-refractivity contribution in [3.63, 3.8) is 0 Å². The van der Waals surface area contributed by atoms with Gasteiger partial charge in [0.05, 0.1) is 24.8 Å². The third kappa shape index (κ3) is 3.03. The Morgan fingerprint density at radius 3 is 2.61 bits per heavy atom. The second-order valence-corrected chi connectivity index (χ2v) is 6.60. The molecule has 1 atom stereocenters. The van der Waals surface area contributed by atoms with E-state index in [0.717, 1.165) is 11.3 Å². The molecular formula is C20H19N4O4+. The van der Waals surface area contributed by atoms with E-state index in [1.807, 2.05) is 35.0 Å². The quantitative estimate of drug-likeness (QED) is 0.415. The molecule has 8 nitrogen and oxygen atoms in total. The van der Waals surface area contributed by atoms with Crippen molar-refractivity contribution in [3.8, 4) is 5.75 Å². The van der Waals surface area contributed by atoms with E-state index in [-0.39, 0.29) is 12.2 Å². The molecule has 0 spiro atoms. The molecule has 0 amide bonds. The molecule has 1 aliphatic heterocycles. The molecule has 8 heteroatoms. The van der Waals surface area contributed by atoms with Gasteiger partial charge in [0.1, 0.15) is 18.5 Å². The van der Waals surface area contributed by atoms with Crippen molar-refractivity contribution >= 4 is 11.6 Å². The molecule has 0 saturated heterocycles. The first-order valence-electron chi connectivity index (χ1n) is 8.73. The van der Waals surface area contributed by atoms with Gasteiger partial charge in [-0.05, 0) is 29.8 Å². The number of benzene rings is 2. The van der Waals surface area contributed by atoms with E-state index in [4.69, 9.17) is 4.74 Å². The molecule has 0 aliphatic carbocycles. The number of non-ortho nitro benzene ring substituents is 1. The van der Waals surface area contributed by atoms with Gasteiger partial charge in [-0.1, -0.05) is 17.1 Å². The molecule has 0 radical (unpaired) electrons. The van der Waals surface area contributed by atoms with Crippen LogP contribution in [0.3, 0.4) is 0 Å². The number of hydrogen-bond acceptors (Lipinski definition) is 6. The van der Waals surface area contributed by atoms with Crippen molar-refractivity contribution in [2.75, 3.05) is 12.0 Å². The summed E-state index contributed by atoms with van der Waals surface area (Å²) >= 11 is 0. The van der Waals surface area contributed by atoms with Crippen LogP contribution in [0.2, 0.25) is 0 Å². The van der Waals surface area contributed by atoms with Crippen molar-refractivity contribution in [3.05, 3.63) is 88.2 Å². The SMILES string of the molecule is COc1ccc(CN2c3nccc[n+]3C[C@@]2(O)c2ccc([N+](=O)[O-])cc2)cc1. The summed E-state index contributed by atoms with van der Waals surface area (Å²) < 4.78 is 7.07. The van der Waals surface area contributed by atoms with Crippen LogP contribution in [-0.4, -0.2) is 22.1 Å². The second-order valence-electron chi connectivity index (χ2n) is 6.60. The van der Waals surface area contributed by atoms with E-state index in [2.05, 4.69) is 4.98 Å². The molecule has 1 aliphatic rings. The fourth-order valence-electron chi connectivity index (χ4n) is 3.44. The van der Waals surface area contributed by atoms with E-state index >= 15 is 0 Å². The molecule has 3 aromatic rings. The number of rotatable bonds is 5. The molecule has 2 aromatic carbocycles. The lowest BCUT2D eigenvalue weighted by Crippen LogP contribution is -2.45. The van der Waals surface area contributed by atoms with Crippen LogP contribution < -0.4 is 14.2 Å². The zero-order valence-electron chi connectivity index (χ0n) is 15.2. The monoisotopic (exact) mass is 379 g/mol. The predicted octanol–water partition coefficient (Wildman–Crippen LogP) is 2.15. The van der Waals surface area contributed by atoms with Gasteiger partial charge in [0, 0.05) is 23.8 Å². The van der Waals surface area contributed by atoms with Gasteiger partial charge in [0.2, 0.25) is 5.72 Å². The maximum atomic E-state index is 11.6. The Morgan fingerprint density at radius 1 is 1.25 bits per heavy atom. The number of anilines is 1. The number of ether oxygens (including phenoxy) is 1. The number of aromatic nitrogens is 2. The molecule has 28 heavy (non-hydrogen) atoms. The summed E-state index contributed by atoms with van der Waals surface area (Å²) in [5.74, 6) is 1.38. The molecule has 0 fully saturated rings. The summed E-state index contributed by atoms with van der Waals surface area (Å²) in [5, 5.41) is 22.6. The fraction of sp³-hybridized carbons (Fsp3) is 0.200. The summed E-state index contributed by atoms with van der Waals surface area (Å²) in [6, 6.07) is 15.4. The number of methoxy groups -OCH3 is 1. The van der Waals surface area contributed by atoms with Crippen molar-refractivity contribution in [1.29, 1.82) is 0 Å². The first-order chi connectivity index (χ1) is 13.5. The Kier molecular flexibility index (Phi) is 4.40. The minimum Gasteiger partial charge on any atom is -0.497 e. The first kappa shape index (κ1) is 17.9. The molecule has 0 bridgehead atoms. The lowest BCUT2D eigenvalue weighted by Gasteiger charge is -2.28. The molecule has 142 valence electrons. The largest absolute Gasteiger partial charge is 0.497 e. The van der Waals surface area contributed by atoms with Crippen molar-refractivity contribution in [2.24, 2.45) is 0 Å². The minimum atomic E-state index is -1.38. The highest BCUT2D eigenvalue weighted by Crippen LogP contribution is 2.35. The third-order valence-electron chi connectivity index (χ3n) is 4.92.